The lowest BCUT2D eigenvalue weighted by Crippen LogP contribution is -2.24. The monoisotopic (exact) mass is 280 g/mol. The lowest BCUT2D eigenvalue weighted by Gasteiger charge is -2.08. The van der Waals surface area contributed by atoms with E-state index in [-0.39, 0.29) is 19.8 Å². The van der Waals surface area contributed by atoms with Crippen LogP contribution in [0.15, 0.2) is 0 Å². The minimum Gasteiger partial charge on any atom is -0.466 e. The van der Waals surface area contributed by atoms with E-state index < -0.39 is 17.7 Å². The van der Waals surface area contributed by atoms with Crippen LogP contribution >= 0.6 is 28.3 Å². The van der Waals surface area contributed by atoms with Crippen molar-refractivity contribution in [2.45, 2.75) is 6.92 Å². The molecule has 0 bridgehead atoms. The van der Waals surface area contributed by atoms with Crippen LogP contribution < -0.4 is 0 Å². The zero-order chi connectivity index (χ0) is 12.5. The summed E-state index contributed by atoms with van der Waals surface area (Å²) in [6.45, 7) is 2.49. The number of hydrogen-bond donors (Lipinski definition) is 2. The van der Waals surface area contributed by atoms with Crippen molar-refractivity contribution in [1.82, 2.24) is 0 Å². The molecule has 0 aromatic heterocycles. The molecule has 5 nitrogen and oxygen atoms in total. The number of halogens is 2. The van der Waals surface area contributed by atoms with Crippen LogP contribution in [0.3, 0.4) is 0 Å². The molecule has 0 heterocycles. The van der Waals surface area contributed by atoms with E-state index in [4.69, 9.17) is 32.7 Å². The molecule has 0 rings (SSSR count). The smallest absolute Gasteiger partial charge is 0.313 e. The van der Waals surface area contributed by atoms with Crippen molar-refractivity contribution < 1.29 is 24.3 Å². The fraction of sp³-hybridized carbons (Fsp3) is 0.857. The van der Waals surface area contributed by atoms with Gasteiger partial charge < -0.3 is 14.9 Å². The highest BCUT2D eigenvalue weighted by molar-refractivity contribution is 8.08. The van der Waals surface area contributed by atoms with E-state index in [0.717, 1.165) is 0 Å². The first-order valence-electron chi connectivity index (χ1n) is 4.11. The molecular weight excluding hydrogens is 266 g/mol. The van der Waals surface area contributed by atoms with Crippen molar-refractivity contribution in [2.75, 3.05) is 26.5 Å². The van der Waals surface area contributed by atoms with Crippen LogP contribution in [0.4, 0.5) is 0 Å². The van der Waals surface area contributed by atoms with E-state index in [1.165, 1.54) is 6.66 Å². The predicted octanol–water partition coefficient (Wildman–Crippen LogP) is 1.44. The minimum absolute atomic E-state index is 0.273. The van der Waals surface area contributed by atoms with E-state index in [0.29, 0.717) is 0 Å². The van der Waals surface area contributed by atoms with Crippen LogP contribution in [-0.2, 0) is 14.1 Å². The standard InChI is InChI=1S/C6H12O4.CH3Cl2OP/c1-2-10-6(9)5(3-7)4-8;1-5(2,3)4/h5,7-8H,2-4H2,1H3;1H3. The first-order valence-corrected chi connectivity index (χ1v) is 8.07. The molecule has 0 aliphatic rings. The van der Waals surface area contributed by atoms with Gasteiger partial charge in [0.05, 0.1) is 19.8 Å². The third kappa shape index (κ3) is 16.8. The molecule has 0 amide bonds. The Labute approximate surface area is 98.3 Å². The molecule has 0 aromatic rings. The summed E-state index contributed by atoms with van der Waals surface area (Å²) in [6, 6.07) is 0. The molecule has 0 aliphatic heterocycles. The van der Waals surface area contributed by atoms with Crippen molar-refractivity contribution in [2.24, 2.45) is 5.92 Å². The van der Waals surface area contributed by atoms with Gasteiger partial charge in [-0.3, -0.25) is 9.36 Å². The Morgan fingerprint density at radius 1 is 1.40 bits per heavy atom. The molecule has 0 saturated heterocycles. The summed E-state index contributed by atoms with van der Waals surface area (Å²) in [6.07, 6.45) is 0. The highest BCUT2D eigenvalue weighted by Gasteiger charge is 2.16. The summed E-state index contributed by atoms with van der Waals surface area (Å²) in [5.74, 6) is -4.02. The molecule has 15 heavy (non-hydrogen) atoms. The van der Waals surface area contributed by atoms with Gasteiger partial charge in [0.25, 0.3) is 0 Å². The molecule has 0 saturated carbocycles. The summed E-state index contributed by atoms with van der Waals surface area (Å²) in [5.41, 5.74) is 0. The van der Waals surface area contributed by atoms with E-state index in [2.05, 4.69) is 4.74 Å². The van der Waals surface area contributed by atoms with Gasteiger partial charge in [0, 0.05) is 6.66 Å². The lowest BCUT2D eigenvalue weighted by atomic mass is 10.2. The largest absolute Gasteiger partial charge is 0.466 e. The second kappa shape index (κ2) is 9.43. The molecule has 0 radical (unpaired) electrons. The van der Waals surface area contributed by atoms with Crippen LogP contribution in [-0.4, -0.2) is 42.7 Å². The van der Waals surface area contributed by atoms with Gasteiger partial charge in [-0.1, -0.05) is 0 Å². The summed E-state index contributed by atoms with van der Waals surface area (Å²) in [7, 11) is 0. The first kappa shape index (κ1) is 17.6. The number of carbonyl (C=O) groups is 1. The number of carbonyl (C=O) groups excluding carboxylic acids is 1. The van der Waals surface area contributed by atoms with Crippen molar-refractivity contribution in [1.29, 1.82) is 0 Å². The predicted molar refractivity (Wildman–Crippen MR) is 59.5 cm³/mol. The van der Waals surface area contributed by atoms with Gasteiger partial charge in [-0.2, -0.15) is 0 Å². The Bertz CT molecular complexity index is 205. The number of hydrogen-bond acceptors (Lipinski definition) is 5. The fourth-order valence-electron chi connectivity index (χ4n) is 0.467. The highest BCUT2D eigenvalue weighted by atomic mass is 35.9. The fourth-order valence-corrected chi connectivity index (χ4v) is 0.467. The second-order valence-corrected chi connectivity index (χ2v) is 8.37. The summed E-state index contributed by atoms with van der Waals surface area (Å²) < 4.78 is 14.3. The minimum atomic E-state index is -2.69. The Balaban J connectivity index is 0. The lowest BCUT2D eigenvalue weighted by molar-refractivity contribution is -0.150. The molecular formula is C7H15Cl2O5P. The molecule has 8 heteroatoms. The van der Waals surface area contributed by atoms with Crippen LogP contribution in [0.1, 0.15) is 6.92 Å². The molecule has 0 unspecified atom stereocenters. The highest BCUT2D eigenvalue weighted by Crippen LogP contribution is 2.52. The molecule has 0 atom stereocenters. The number of rotatable bonds is 4. The van der Waals surface area contributed by atoms with Crippen LogP contribution in [0.2, 0.25) is 0 Å². The van der Waals surface area contributed by atoms with Crippen molar-refractivity contribution in [3.63, 3.8) is 0 Å². The van der Waals surface area contributed by atoms with Gasteiger partial charge in [-0.15, -0.1) is 0 Å². The van der Waals surface area contributed by atoms with Gasteiger partial charge >= 0.3 is 5.97 Å². The van der Waals surface area contributed by atoms with Crippen LogP contribution in [0.5, 0.6) is 0 Å². The molecule has 0 aliphatic carbocycles. The van der Waals surface area contributed by atoms with Gasteiger partial charge in [-0.05, 0) is 29.4 Å². The molecule has 92 valence electrons. The van der Waals surface area contributed by atoms with Crippen LogP contribution in [0.25, 0.3) is 0 Å². The number of aliphatic hydroxyl groups excluding tert-OH is 2. The Morgan fingerprint density at radius 3 is 1.93 bits per heavy atom. The quantitative estimate of drug-likeness (QED) is 0.601. The maximum Gasteiger partial charge on any atom is 0.313 e. The van der Waals surface area contributed by atoms with Crippen molar-refractivity contribution >= 4 is 34.3 Å². The number of esters is 1. The zero-order valence-corrected chi connectivity index (χ0v) is 10.9. The van der Waals surface area contributed by atoms with Crippen LogP contribution in [0, 0.1) is 5.92 Å². The maximum atomic E-state index is 10.7. The van der Waals surface area contributed by atoms with E-state index in [9.17, 15) is 9.36 Å². The molecule has 0 aromatic carbocycles. The second-order valence-electron chi connectivity index (χ2n) is 2.54. The Kier molecular flexibility index (Phi) is 11.1. The summed E-state index contributed by atoms with van der Waals surface area (Å²) in [5, 5.41) is 16.9. The van der Waals surface area contributed by atoms with E-state index in [1.54, 1.807) is 6.92 Å². The van der Waals surface area contributed by atoms with Gasteiger partial charge in [0.15, 0.2) is 0 Å². The maximum absolute atomic E-state index is 10.7. The third-order valence-electron chi connectivity index (χ3n) is 1.06. The zero-order valence-electron chi connectivity index (χ0n) is 8.52. The topological polar surface area (TPSA) is 83.8 Å². The summed E-state index contributed by atoms with van der Waals surface area (Å²) in [4.78, 5) is 10.7. The molecule has 0 spiro atoms. The number of aliphatic hydroxyl groups is 2. The first-order chi connectivity index (χ1) is 6.76. The molecule has 0 fully saturated rings. The summed E-state index contributed by atoms with van der Waals surface area (Å²) >= 11 is 9.70. The Hall–Kier alpha value is 0.200. The normalized spacial score (nSPS) is 10.6. The van der Waals surface area contributed by atoms with Crippen molar-refractivity contribution in [3.05, 3.63) is 0 Å². The Morgan fingerprint density at radius 2 is 1.73 bits per heavy atom. The number of ether oxygens (including phenoxy) is 1. The van der Waals surface area contributed by atoms with Gasteiger partial charge in [0.2, 0.25) is 5.85 Å². The SMILES string of the molecule is CCOC(=O)C(CO)CO.CP(=O)(Cl)Cl. The van der Waals surface area contributed by atoms with Crippen molar-refractivity contribution in [3.8, 4) is 0 Å². The van der Waals surface area contributed by atoms with Gasteiger partial charge in [-0.25, -0.2) is 0 Å². The average molecular weight is 281 g/mol. The van der Waals surface area contributed by atoms with E-state index >= 15 is 0 Å². The third-order valence-corrected chi connectivity index (χ3v) is 1.06. The molecule has 2 N–H and O–H groups in total. The van der Waals surface area contributed by atoms with E-state index in [1.807, 2.05) is 0 Å². The average Bonchev–Trinajstić information content (AvgIpc) is 2.03. The van der Waals surface area contributed by atoms with Gasteiger partial charge in [0.1, 0.15) is 5.92 Å².